The molecule has 1 saturated heterocycles. The molecular formula is C18H24N4O3. The molecule has 0 spiro atoms. The van der Waals surface area contributed by atoms with Crippen molar-refractivity contribution in [1.29, 1.82) is 0 Å². The molecule has 0 atom stereocenters. The Morgan fingerprint density at radius 3 is 2.56 bits per heavy atom. The lowest BCUT2D eigenvalue weighted by molar-refractivity contribution is -0.133. The minimum atomic E-state index is -0.00342. The summed E-state index contributed by atoms with van der Waals surface area (Å²) in [6.45, 7) is 8.65. The SMILES string of the molecule is Cc1ccccc1OCC(=O)N1CCN(c2nnc(C(C)C)o2)CC1. The van der Waals surface area contributed by atoms with Crippen LogP contribution in [0.5, 0.6) is 5.75 Å². The summed E-state index contributed by atoms with van der Waals surface area (Å²) < 4.78 is 11.3. The highest BCUT2D eigenvalue weighted by Crippen LogP contribution is 2.20. The minimum absolute atomic E-state index is 0.00342. The second-order valence-electron chi connectivity index (χ2n) is 6.50. The molecule has 0 bridgehead atoms. The first kappa shape index (κ1) is 17.3. The van der Waals surface area contributed by atoms with Gasteiger partial charge in [0.1, 0.15) is 5.75 Å². The second kappa shape index (κ2) is 7.55. The van der Waals surface area contributed by atoms with Gasteiger partial charge in [-0.05, 0) is 18.6 Å². The fraction of sp³-hybridized carbons (Fsp3) is 0.500. The van der Waals surface area contributed by atoms with Crippen LogP contribution in [0.4, 0.5) is 6.01 Å². The molecule has 7 heteroatoms. The maximum absolute atomic E-state index is 12.4. The molecule has 1 aliphatic heterocycles. The van der Waals surface area contributed by atoms with Gasteiger partial charge in [-0.3, -0.25) is 4.79 Å². The second-order valence-corrected chi connectivity index (χ2v) is 6.50. The van der Waals surface area contributed by atoms with Gasteiger partial charge < -0.3 is 19.0 Å². The molecular weight excluding hydrogens is 320 g/mol. The van der Waals surface area contributed by atoms with E-state index in [1.807, 2.05) is 54.8 Å². The number of amides is 1. The van der Waals surface area contributed by atoms with Crippen LogP contribution in [-0.4, -0.2) is 53.8 Å². The number of rotatable bonds is 5. The fourth-order valence-electron chi connectivity index (χ4n) is 2.68. The van der Waals surface area contributed by atoms with E-state index < -0.39 is 0 Å². The van der Waals surface area contributed by atoms with Gasteiger partial charge in [-0.1, -0.05) is 37.1 Å². The van der Waals surface area contributed by atoms with E-state index in [0.717, 1.165) is 11.3 Å². The van der Waals surface area contributed by atoms with E-state index in [-0.39, 0.29) is 18.4 Å². The third kappa shape index (κ3) is 4.10. The maximum Gasteiger partial charge on any atom is 0.318 e. The number of hydrogen-bond acceptors (Lipinski definition) is 6. The van der Waals surface area contributed by atoms with Gasteiger partial charge in [0.25, 0.3) is 5.91 Å². The van der Waals surface area contributed by atoms with Crippen LogP contribution >= 0.6 is 0 Å². The molecule has 0 unspecified atom stereocenters. The highest BCUT2D eigenvalue weighted by molar-refractivity contribution is 5.78. The van der Waals surface area contributed by atoms with E-state index in [9.17, 15) is 4.79 Å². The summed E-state index contributed by atoms with van der Waals surface area (Å²) in [7, 11) is 0. The summed E-state index contributed by atoms with van der Waals surface area (Å²) in [6, 6.07) is 8.23. The van der Waals surface area contributed by atoms with Crippen molar-refractivity contribution in [2.45, 2.75) is 26.7 Å². The molecule has 1 aliphatic rings. The van der Waals surface area contributed by atoms with Gasteiger partial charge in [0.15, 0.2) is 6.61 Å². The lowest BCUT2D eigenvalue weighted by atomic mass is 10.2. The number of aromatic nitrogens is 2. The van der Waals surface area contributed by atoms with Crippen LogP contribution < -0.4 is 9.64 Å². The number of carbonyl (C=O) groups excluding carboxylic acids is 1. The van der Waals surface area contributed by atoms with E-state index in [2.05, 4.69) is 10.2 Å². The summed E-state index contributed by atoms with van der Waals surface area (Å²) >= 11 is 0. The Labute approximate surface area is 147 Å². The van der Waals surface area contributed by atoms with Gasteiger partial charge in [0.05, 0.1) is 0 Å². The van der Waals surface area contributed by atoms with Crippen molar-refractivity contribution in [3.63, 3.8) is 0 Å². The number of para-hydroxylation sites is 1. The molecule has 2 heterocycles. The molecule has 1 aromatic carbocycles. The number of nitrogens with zero attached hydrogens (tertiary/aromatic N) is 4. The van der Waals surface area contributed by atoms with Crippen LogP contribution in [0.2, 0.25) is 0 Å². The molecule has 1 amide bonds. The third-order valence-electron chi connectivity index (χ3n) is 4.27. The van der Waals surface area contributed by atoms with Crippen LogP contribution in [0.1, 0.15) is 31.2 Å². The minimum Gasteiger partial charge on any atom is -0.484 e. The molecule has 0 saturated carbocycles. The van der Waals surface area contributed by atoms with E-state index >= 15 is 0 Å². The molecule has 3 rings (SSSR count). The number of ether oxygens (including phenoxy) is 1. The third-order valence-corrected chi connectivity index (χ3v) is 4.27. The molecule has 1 fully saturated rings. The van der Waals surface area contributed by atoms with Crippen molar-refractivity contribution in [3.05, 3.63) is 35.7 Å². The first-order valence-electron chi connectivity index (χ1n) is 8.59. The number of benzene rings is 1. The van der Waals surface area contributed by atoms with Gasteiger partial charge in [-0.15, -0.1) is 5.10 Å². The van der Waals surface area contributed by atoms with Crippen molar-refractivity contribution >= 4 is 11.9 Å². The largest absolute Gasteiger partial charge is 0.484 e. The number of carbonyl (C=O) groups is 1. The first-order chi connectivity index (χ1) is 12.0. The molecule has 7 nitrogen and oxygen atoms in total. The highest BCUT2D eigenvalue weighted by Gasteiger charge is 2.25. The highest BCUT2D eigenvalue weighted by atomic mass is 16.5. The Bertz CT molecular complexity index is 721. The summed E-state index contributed by atoms with van der Waals surface area (Å²) in [5.41, 5.74) is 1.03. The summed E-state index contributed by atoms with van der Waals surface area (Å²) in [5, 5.41) is 8.16. The van der Waals surface area contributed by atoms with E-state index in [1.165, 1.54) is 0 Å². The maximum atomic E-state index is 12.4. The van der Waals surface area contributed by atoms with Crippen molar-refractivity contribution in [1.82, 2.24) is 15.1 Å². The lowest BCUT2D eigenvalue weighted by Crippen LogP contribution is -2.50. The van der Waals surface area contributed by atoms with E-state index in [0.29, 0.717) is 38.1 Å². The summed E-state index contributed by atoms with van der Waals surface area (Å²) in [4.78, 5) is 16.2. The standard InChI is InChI=1S/C18H24N4O3/c1-13(2)17-19-20-18(25-17)22-10-8-21(9-11-22)16(23)12-24-15-7-5-4-6-14(15)3/h4-7,13H,8-12H2,1-3H3. The van der Waals surface area contributed by atoms with Crippen LogP contribution in [0.3, 0.4) is 0 Å². The molecule has 25 heavy (non-hydrogen) atoms. The van der Waals surface area contributed by atoms with Crippen LogP contribution in [0.25, 0.3) is 0 Å². The normalized spacial score (nSPS) is 14.9. The van der Waals surface area contributed by atoms with Crippen LogP contribution in [0.15, 0.2) is 28.7 Å². The Morgan fingerprint density at radius 1 is 1.20 bits per heavy atom. The monoisotopic (exact) mass is 344 g/mol. The zero-order valence-electron chi connectivity index (χ0n) is 14.9. The van der Waals surface area contributed by atoms with Gasteiger partial charge in [-0.25, -0.2) is 0 Å². The van der Waals surface area contributed by atoms with Gasteiger partial charge in [0, 0.05) is 32.1 Å². The first-order valence-corrected chi connectivity index (χ1v) is 8.59. The molecule has 134 valence electrons. The topological polar surface area (TPSA) is 71.7 Å². The zero-order valence-corrected chi connectivity index (χ0v) is 14.9. The van der Waals surface area contributed by atoms with E-state index in [1.54, 1.807) is 0 Å². The Kier molecular flexibility index (Phi) is 5.21. The predicted octanol–water partition coefficient (Wildman–Crippen LogP) is 2.23. The quantitative estimate of drug-likeness (QED) is 0.828. The van der Waals surface area contributed by atoms with Crippen LogP contribution in [-0.2, 0) is 4.79 Å². The number of hydrogen-bond donors (Lipinski definition) is 0. The van der Waals surface area contributed by atoms with Crippen molar-refractivity contribution in [3.8, 4) is 5.75 Å². The van der Waals surface area contributed by atoms with Crippen LogP contribution in [0, 0.1) is 6.92 Å². The zero-order chi connectivity index (χ0) is 17.8. The van der Waals surface area contributed by atoms with Crippen molar-refractivity contribution in [2.75, 3.05) is 37.7 Å². The molecule has 2 aromatic rings. The van der Waals surface area contributed by atoms with Gasteiger partial charge >= 0.3 is 6.01 Å². The summed E-state index contributed by atoms with van der Waals surface area (Å²) in [5.74, 6) is 1.60. The Balaban J connectivity index is 1.49. The predicted molar refractivity (Wildman–Crippen MR) is 93.9 cm³/mol. The molecule has 1 aromatic heterocycles. The number of aryl methyl sites for hydroxylation is 1. The van der Waals surface area contributed by atoms with Crippen molar-refractivity contribution < 1.29 is 13.9 Å². The van der Waals surface area contributed by atoms with Gasteiger partial charge in [-0.2, -0.15) is 0 Å². The summed E-state index contributed by atoms with van der Waals surface area (Å²) in [6.07, 6.45) is 0. The molecule has 0 radical (unpaired) electrons. The molecule has 0 aliphatic carbocycles. The lowest BCUT2D eigenvalue weighted by Gasteiger charge is -2.33. The smallest absolute Gasteiger partial charge is 0.318 e. The Hall–Kier alpha value is -2.57. The average molecular weight is 344 g/mol. The average Bonchev–Trinajstić information content (AvgIpc) is 3.11. The number of anilines is 1. The van der Waals surface area contributed by atoms with Gasteiger partial charge in [0.2, 0.25) is 5.89 Å². The number of piperazine rings is 1. The van der Waals surface area contributed by atoms with Crippen molar-refractivity contribution in [2.24, 2.45) is 0 Å². The molecule has 0 N–H and O–H groups in total. The fourth-order valence-corrected chi connectivity index (χ4v) is 2.68. The Morgan fingerprint density at radius 2 is 1.92 bits per heavy atom. The van der Waals surface area contributed by atoms with E-state index in [4.69, 9.17) is 9.15 Å².